The van der Waals surface area contributed by atoms with Crippen LogP contribution in [0.2, 0.25) is 0 Å². The second-order valence-electron chi connectivity index (χ2n) is 3.89. The van der Waals surface area contributed by atoms with Crippen LogP contribution in [0.15, 0.2) is 24.5 Å². The molecule has 0 unspecified atom stereocenters. The zero-order valence-corrected chi connectivity index (χ0v) is 10.9. The number of nitrogens with zero attached hydrogens (tertiary/aromatic N) is 2. The topological polar surface area (TPSA) is 34.6 Å². The molecular formula is C13H22N2O2. The minimum absolute atomic E-state index is 0.142. The number of rotatable bonds is 8. The highest BCUT2D eigenvalue weighted by Crippen LogP contribution is 2.04. The van der Waals surface area contributed by atoms with Gasteiger partial charge in [0.15, 0.2) is 6.29 Å². The van der Waals surface area contributed by atoms with Gasteiger partial charge < -0.3 is 9.47 Å². The van der Waals surface area contributed by atoms with Gasteiger partial charge in [-0.15, -0.1) is 0 Å². The molecule has 4 heteroatoms. The quantitative estimate of drug-likeness (QED) is 0.648. The Hall–Kier alpha value is -0.970. The van der Waals surface area contributed by atoms with Crippen molar-refractivity contribution < 1.29 is 9.47 Å². The van der Waals surface area contributed by atoms with E-state index in [9.17, 15) is 0 Å². The lowest BCUT2D eigenvalue weighted by Crippen LogP contribution is -2.32. The molecule has 0 aliphatic rings. The first-order chi connectivity index (χ1) is 8.26. The summed E-state index contributed by atoms with van der Waals surface area (Å²) in [5.41, 5.74) is 1.24. The van der Waals surface area contributed by atoms with Crippen LogP contribution in [-0.4, -0.2) is 43.0 Å². The molecule has 0 aromatic carbocycles. The van der Waals surface area contributed by atoms with Crippen LogP contribution in [0.4, 0.5) is 0 Å². The van der Waals surface area contributed by atoms with Crippen LogP contribution in [0.25, 0.3) is 0 Å². The normalized spacial score (nSPS) is 11.4. The molecule has 0 saturated carbocycles. The average Bonchev–Trinajstić information content (AvgIpc) is 2.30. The fourth-order valence-corrected chi connectivity index (χ4v) is 1.64. The van der Waals surface area contributed by atoms with Crippen LogP contribution >= 0.6 is 0 Å². The Morgan fingerprint density at radius 3 is 2.29 bits per heavy atom. The Morgan fingerprint density at radius 1 is 1.18 bits per heavy atom. The molecule has 0 atom stereocenters. The Bertz CT molecular complexity index is 287. The Labute approximate surface area is 104 Å². The molecule has 0 fully saturated rings. The summed E-state index contributed by atoms with van der Waals surface area (Å²) in [6.45, 7) is 6.95. The molecule has 4 nitrogen and oxygen atoms in total. The number of hydrogen-bond acceptors (Lipinski definition) is 4. The fourth-order valence-electron chi connectivity index (χ4n) is 1.64. The molecule has 96 valence electrons. The number of likely N-dealkylation sites (N-methyl/N-ethyl adjacent to an activating group) is 1. The number of hydrogen-bond donors (Lipinski definition) is 0. The third-order valence-corrected chi connectivity index (χ3v) is 2.37. The Morgan fingerprint density at radius 2 is 1.76 bits per heavy atom. The average molecular weight is 238 g/mol. The van der Waals surface area contributed by atoms with E-state index in [4.69, 9.17) is 9.47 Å². The minimum atomic E-state index is -0.142. The fraction of sp³-hybridized carbons (Fsp3) is 0.615. The van der Waals surface area contributed by atoms with Gasteiger partial charge in [0, 0.05) is 38.7 Å². The molecule has 0 amide bonds. The molecule has 0 aliphatic heterocycles. The molecule has 0 radical (unpaired) electrons. The van der Waals surface area contributed by atoms with Crippen LogP contribution in [-0.2, 0) is 16.0 Å². The Balaban J connectivity index is 2.38. The summed E-state index contributed by atoms with van der Waals surface area (Å²) in [7, 11) is 2.06. The highest BCUT2D eigenvalue weighted by Gasteiger charge is 2.11. The summed E-state index contributed by atoms with van der Waals surface area (Å²) in [5.74, 6) is 0. The molecule has 1 aromatic rings. The van der Waals surface area contributed by atoms with Crippen molar-refractivity contribution in [3.05, 3.63) is 30.1 Å². The first kappa shape index (κ1) is 14.1. The predicted octanol–water partition coefficient (Wildman–Crippen LogP) is 1.91. The van der Waals surface area contributed by atoms with Gasteiger partial charge in [-0.3, -0.25) is 9.88 Å². The molecule has 0 spiro atoms. The number of aromatic nitrogens is 1. The first-order valence-corrected chi connectivity index (χ1v) is 6.06. The molecule has 1 rings (SSSR count). The first-order valence-electron chi connectivity index (χ1n) is 6.06. The SMILES string of the molecule is CCOC(CN(C)Cc1ccncc1)OCC. The molecule has 0 N–H and O–H groups in total. The summed E-state index contributed by atoms with van der Waals surface area (Å²) >= 11 is 0. The van der Waals surface area contributed by atoms with Crippen molar-refractivity contribution in [2.75, 3.05) is 26.8 Å². The van der Waals surface area contributed by atoms with Crippen LogP contribution in [0.5, 0.6) is 0 Å². The molecule has 1 heterocycles. The maximum absolute atomic E-state index is 5.51. The predicted molar refractivity (Wildman–Crippen MR) is 67.6 cm³/mol. The van der Waals surface area contributed by atoms with Gasteiger partial charge in [-0.1, -0.05) is 0 Å². The number of ether oxygens (including phenoxy) is 2. The number of pyridine rings is 1. The van der Waals surface area contributed by atoms with E-state index in [2.05, 4.69) is 16.9 Å². The molecule has 0 saturated heterocycles. The molecule has 0 aliphatic carbocycles. The van der Waals surface area contributed by atoms with Crippen molar-refractivity contribution in [1.82, 2.24) is 9.88 Å². The van der Waals surface area contributed by atoms with Crippen molar-refractivity contribution in [1.29, 1.82) is 0 Å². The highest BCUT2D eigenvalue weighted by atomic mass is 16.7. The lowest BCUT2D eigenvalue weighted by molar-refractivity contribution is -0.145. The molecule has 17 heavy (non-hydrogen) atoms. The maximum atomic E-state index is 5.51. The van der Waals surface area contributed by atoms with Crippen LogP contribution in [0, 0.1) is 0 Å². The van der Waals surface area contributed by atoms with E-state index >= 15 is 0 Å². The maximum Gasteiger partial charge on any atom is 0.170 e. The summed E-state index contributed by atoms with van der Waals surface area (Å²) in [6, 6.07) is 4.04. The molecule has 1 aromatic heterocycles. The third kappa shape index (κ3) is 5.77. The summed E-state index contributed by atoms with van der Waals surface area (Å²) in [6.07, 6.45) is 3.48. The third-order valence-electron chi connectivity index (χ3n) is 2.37. The van der Waals surface area contributed by atoms with E-state index in [-0.39, 0.29) is 6.29 Å². The van der Waals surface area contributed by atoms with E-state index in [1.54, 1.807) is 0 Å². The van der Waals surface area contributed by atoms with Crippen molar-refractivity contribution in [3.8, 4) is 0 Å². The van der Waals surface area contributed by atoms with Gasteiger partial charge in [-0.05, 0) is 38.6 Å². The highest BCUT2D eigenvalue weighted by molar-refractivity contribution is 5.09. The van der Waals surface area contributed by atoms with Crippen LogP contribution in [0.3, 0.4) is 0 Å². The largest absolute Gasteiger partial charge is 0.352 e. The minimum Gasteiger partial charge on any atom is -0.352 e. The van der Waals surface area contributed by atoms with E-state index in [0.29, 0.717) is 13.2 Å². The van der Waals surface area contributed by atoms with Gasteiger partial charge in [-0.2, -0.15) is 0 Å². The smallest absolute Gasteiger partial charge is 0.170 e. The lowest BCUT2D eigenvalue weighted by atomic mass is 10.2. The van der Waals surface area contributed by atoms with Gasteiger partial charge in [0.25, 0.3) is 0 Å². The van der Waals surface area contributed by atoms with E-state index in [0.717, 1.165) is 13.1 Å². The van der Waals surface area contributed by atoms with Crippen LogP contribution < -0.4 is 0 Å². The van der Waals surface area contributed by atoms with Crippen molar-refractivity contribution in [2.45, 2.75) is 26.7 Å². The summed E-state index contributed by atoms with van der Waals surface area (Å²) < 4.78 is 11.0. The zero-order chi connectivity index (χ0) is 12.5. The van der Waals surface area contributed by atoms with Gasteiger partial charge in [0.05, 0.1) is 0 Å². The van der Waals surface area contributed by atoms with Gasteiger partial charge in [0.2, 0.25) is 0 Å². The van der Waals surface area contributed by atoms with Crippen molar-refractivity contribution in [3.63, 3.8) is 0 Å². The van der Waals surface area contributed by atoms with Gasteiger partial charge >= 0.3 is 0 Å². The van der Waals surface area contributed by atoms with Crippen LogP contribution in [0.1, 0.15) is 19.4 Å². The zero-order valence-electron chi connectivity index (χ0n) is 10.9. The van der Waals surface area contributed by atoms with Gasteiger partial charge in [-0.25, -0.2) is 0 Å². The summed E-state index contributed by atoms with van der Waals surface area (Å²) in [5, 5.41) is 0. The second kappa shape index (κ2) is 8.17. The van der Waals surface area contributed by atoms with Crippen molar-refractivity contribution >= 4 is 0 Å². The van der Waals surface area contributed by atoms with Crippen molar-refractivity contribution in [2.24, 2.45) is 0 Å². The molecular weight excluding hydrogens is 216 g/mol. The van der Waals surface area contributed by atoms with E-state index in [1.807, 2.05) is 38.4 Å². The monoisotopic (exact) mass is 238 g/mol. The Kier molecular flexibility index (Phi) is 6.77. The summed E-state index contributed by atoms with van der Waals surface area (Å²) in [4.78, 5) is 6.19. The molecule has 0 bridgehead atoms. The second-order valence-corrected chi connectivity index (χ2v) is 3.89. The van der Waals surface area contributed by atoms with E-state index < -0.39 is 0 Å². The van der Waals surface area contributed by atoms with E-state index in [1.165, 1.54) is 5.56 Å². The van der Waals surface area contributed by atoms with Gasteiger partial charge in [0.1, 0.15) is 0 Å². The standard InChI is InChI=1S/C13H22N2O2/c1-4-16-13(17-5-2)11-15(3)10-12-6-8-14-9-7-12/h6-9,13H,4-5,10-11H2,1-3H3. The lowest BCUT2D eigenvalue weighted by Gasteiger charge is -2.23.